The number of amides is 1. The number of aromatic nitrogens is 2. The van der Waals surface area contributed by atoms with E-state index >= 15 is 0 Å². The summed E-state index contributed by atoms with van der Waals surface area (Å²) in [5.74, 6) is 0.635. The number of pyridine rings is 1. The molecule has 0 bridgehead atoms. The zero-order valence-electron chi connectivity index (χ0n) is 14.1. The molecule has 0 radical (unpaired) electrons. The first-order valence-corrected chi connectivity index (χ1v) is 8.79. The van der Waals surface area contributed by atoms with Crippen molar-refractivity contribution in [2.75, 3.05) is 0 Å². The molecule has 128 valence electrons. The van der Waals surface area contributed by atoms with Crippen molar-refractivity contribution >= 4 is 17.2 Å². The van der Waals surface area contributed by atoms with Crippen LogP contribution in [0.3, 0.4) is 0 Å². The Morgan fingerprint density at radius 1 is 1.24 bits per heavy atom. The van der Waals surface area contributed by atoms with E-state index in [0.717, 1.165) is 22.0 Å². The average Bonchev–Trinajstić information content (AvgIpc) is 3.08. The lowest BCUT2D eigenvalue weighted by atomic mass is 10.1. The number of aryl methyl sites for hydroxylation is 1. The minimum atomic E-state index is -0.131. The van der Waals surface area contributed by atoms with E-state index < -0.39 is 0 Å². The molecule has 0 aliphatic heterocycles. The van der Waals surface area contributed by atoms with Crippen LogP contribution in [0.2, 0.25) is 0 Å². The van der Waals surface area contributed by atoms with Crippen LogP contribution in [0.4, 0.5) is 0 Å². The van der Waals surface area contributed by atoms with E-state index in [2.05, 4.69) is 15.3 Å². The number of carbonyl (C=O) groups excluding carboxylic acids is 1. The Labute approximate surface area is 150 Å². The summed E-state index contributed by atoms with van der Waals surface area (Å²) in [6.07, 6.45) is 3.35. The van der Waals surface area contributed by atoms with Crippen molar-refractivity contribution in [2.45, 2.75) is 26.5 Å². The van der Waals surface area contributed by atoms with Crippen molar-refractivity contribution in [3.8, 4) is 5.75 Å². The monoisotopic (exact) mass is 353 g/mol. The zero-order valence-corrected chi connectivity index (χ0v) is 14.9. The van der Waals surface area contributed by atoms with Gasteiger partial charge in [-0.05, 0) is 43.7 Å². The number of hydrogen-bond donors (Lipinski definition) is 1. The maximum Gasteiger partial charge on any atom is 0.263 e. The highest BCUT2D eigenvalue weighted by molar-refractivity contribution is 7.13. The molecule has 0 aliphatic rings. The van der Waals surface area contributed by atoms with Crippen LogP contribution in [0.25, 0.3) is 0 Å². The Hall–Kier alpha value is -2.73. The molecule has 2 heterocycles. The molecule has 1 aromatic carbocycles. The second-order valence-electron chi connectivity index (χ2n) is 5.62. The largest absolute Gasteiger partial charge is 0.487 e. The van der Waals surface area contributed by atoms with E-state index in [4.69, 9.17) is 4.74 Å². The van der Waals surface area contributed by atoms with Gasteiger partial charge in [-0.15, -0.1) is 11.3 Å². The third-order valence-electron chi connectivity index (χ3n) is 3.66. The Balaban J connectivity index is 1.63. The van der Waals surface area contributed by atoms with Gasteiger partial charge in [0, 0.05) is 6.20 Å². The summed E-state index contributed by atoms with van der Waals surface area (Å²) < 4.78 is 5.79. The van der Waals surface area contributed by atoms with Crippen LogP contribution in [-0.4, -0.2) is 15.9 Å². The van der Waals surface area contributed by atoms with E-state index in [9.17, 15) is 4.79 Å². The van der Waals surface area contributed by atoms with Gasteiger partial charge in [-0.2, -0.15) is 0 Å². The highest BCUT2D eigenvalue weighted by atomic mass is 32.1. The summed E-state index contributed by atoms with van der Waals surface area (Å²) >= 11 is 1.39. The summed E-state index contributed by atoms with van der Waals surface area (Å²) in [5, 5.41) is 3.87. The Morgan fingerprint density at radius 3 is 2.84 bits per heavy atom. The summed E-state index contributed by atoms with van der Waals surface area (Å²) in [6.45, 7) is 4.24. The zero-order chi connectivity index (χ0) is 17.6. The predicted molar refractivity (Wildman–Crippen MR) is 97.7 cm³/mol. The number of thiazole rings is 1. The molecule has 6 heteroatoms. The van der Waals surface area contributed by atoms with Gasteiger partial charge in [0.2, 0.25) is 0 Å². The molecule has 1 atom stereocenters. The maximum absolute atomic E-state index is 12.3. The minimum absolute atomic E-state index is 0.113. The van der Waals surface area contributed by atoms with Gasteiger partial charge in [0.05, 0.1) is 22.9 Å². The van der Waals surface area contributed by atoms with Gasteiger partial charge in [-0.25, -0.2) is 4.98 Å². The Kier molecular flexibility index (Phi) is 5.40. The molecule has 25 heavy (non-hydrogen) atoms. The SMILES string of the molecule is Cc1ncc(C(=O)NC(C)c2cccc(OCc3ccccn3)c2)s1. The molecule has 0 spiro atoms. The van der Waals surface area contributed by atoms with Crippen LogP contribution in [0.15, 0.2) is 54.9 Å². The van der Waals surface area contributed by atoms with Crippen LogP contribution in [0.1, 0.15) is 38.9 Å². The molecule has 0 saturated carbocycles. The molecule has 1 unspecified atom stereocenters. The topological polar surface area (TPSA) is 64.1 Å². The molecule has 3 rings (SSSR count). The maximum atomic E-state index is 12.3. The number of rotatable bonds is 6. The van der Waals surface area contributed by atoms with Crippen molar-refractivity contribution in [3.05, 3.63) is 76.0 Å². The van der Waals surface area contributed by atoms with Crippen molar-refractivity contribution in [2.24, 2.45) is 0 Å². The van der Waals surface area contributed by atoms with Crippen LogP contribution < -0.4 is 10.1 Å². The van der Waals surface area contributed by atoms with Gasteiger partial charge < -0.3 is 10.1 Å². The number of ether oxygens (including phenoxy) is 1. The lowest BCUT2D eigenvalue weighted by Gasteiger charge is -2.15. The Morgan fingerprint density at radius 2 is 2.12 bits per heavy atom. The minimum Gasteiger partial charge on any atom is -0.487 e. The first-order chi connectivity index (χ1) is 12.1. The highest BCUT2D eigenvalue weighted by Gasteiger charge is 2.14. The van der Waals surface area contributed by atoms with Gasteiger partial charge in [0.1, 0.15) is 17.2 Å². The molecule has 5 nitrogen and oxygen atoms in total. The number of nitrogens with one attached hydrogen (secondary N) is 1. The molecule has 0 aliphatic carbocycles. The summed E-state index contributed by atoms with van der Waals surface area (Å²) in [7, 11) is 0. The van der Waals surface area contributed by atoms with Crippen molar-refractivity contribution in [1.82, 2.24) is 15.3 Å². The first-order valence-electron chi connectivity index (χ1n) is 7.98. The standard InChI is InChI=1S/C19H19N3O2S/c1-13(22-19(23)18-11-21-14(2)25-18)15-6-5-8-17(10-15)24-12-16-7-3-4-9-20-16/h3-11,13H,12H2,1-2H3,(H,22,23). The molecular weight excluding hydrogens is 334 g/mol. The van der Waals surface area contributed by atoms with E-state index in [1.807, 2.05) is 56.3 Å². The summed E-state index contributed by atoms with van der Waals surface area (Å²) in [5.41, 5.74) is 1.85. The first kappa shape index (κ1) is 17.1. The molecule has 3 aromatic rings. The van der Waals surface area contributed by atoms with E-state index in [1.54, 1.807) is 12.4 Å². The van der Waals surface area contributed by atoms with Crippen LogP contribution in [0.5, 0.6) is 5.75 Å². The lowest BCUT2D eigenvalue weighted by molar-refractivity contribution is 0.0943. The van der Waals surface area contributed by atoms with Gasteiger partial charge in [-0.3, -0.25) is 9.78 Å². The fourth-order valence-corrected chi connectivity index (χ4v) is 3.01. The predicted octanol–water partition coefficient (Wildman–Crippen LogP) is 3.92. The molecule has 0 fully saturated rings. The Bertz CT molecular complexity index is 849. The van der Waals surface area contributed by atoms with E-state index in [0.29, 0.717) is 11.5 Å². The molecular formula is C19H19N3O2S. The van der Waals surface area contributed by atoms with E-state index in [1.165, 1.54) is 11.3 Å². The molecule has 2 aromatic heterocycles. The third-order valence-corrected chi connectivity index (χ3v) is 4.58. The second-order valence-corrected chi connectivity index (χ2v) is 6.86. The normalized spacial score (nSPS) is 11.8. The summed E-state index contributed by atoms with van der Waals surface area (Å²) in [6, 6.07) is 13.3. The molecule has 0 saturated heterocycles. The van der Waals surface area contributed by atoms with Crippen LogP contribution in [-0.2, 0) is 6.61 Å². The number of nitrogens with zero attached hydrogens (tertiary/aromatic N) is 2. The number of carbonyl (C=O) groups is 1. The quantitative estimate of drug-likeness (QED) is 0.729. The number of hydrogen-bond acceptors (Lipinski definition) is 5. The van der Waals surface area contributed by atoms with Gasteiger partial charge >= 0.3 is 0 Å². The lowest BCUT2D eigenvalue weighted by Crippen LogP contribution is -2.25. The van der Waals surface area contributed by atoms with Gasteiger partial charge in [0.15, 0.2) is 0 Å². The van der Waals surface area contributed by atoms with Crippen molar-refractivity contribution < 1.29 is 9.53 Å². The molecule has 1 amide bonds. The smallest absolute Gasteiger partial charge is 0.263 e. The van der Waals surface area contributed by atoms with Crippen LogP contribution in [0, 0.1) is 6.92 Å². The summed E-state index contributed by atoms with van der Waals surface area (Å²) in [4.78, 5) is 21.2. The van der Waals surface area contributed by atoms with Crippen molar-refractivity contribution in [1.29, 1.82) is 0 Å². The third kappa shape index (κ3) is 4.64. The van der Waals surface area contributed by atoms with Crippen LogP contribution >= 0.6 is 11.3 Å². The fourth-order valence-electron chi connectivity index (χ4n) is 2.33. The molecule has 1 N–H and O–H groups in total. The van der Waals surface area contributed by atoms with Crippen molar-refractivity contribution in [3.63, 3.8) is 0 Å². The van der Waals surface area contributed by atoms with Gasteiger partial charge in [-0.1, -0.05) is 18.2 Å². The van der Waals surface area contributed by atoms with Gasteiger partial charge in [0.25, 0.3) is 5.91 Å². The average molecular weight is 353 g/mol. The fraction of sp³-hybridized carbons (Fsp3) is 0.211. The second kappa shape index (κ2) is 7.90. The van der Waals surface area contributed by atoms with E-state index in [-0.39, 0.29) is 11.9 Å². The highest BCUT2D eigenvalue weighted by Crippen LogP contribution is 2.21. The number of benzene rings is 1.